The summed E-state index contributed by atoms with van der Waals surface area (Å²) in [5.74, 6) is -0.462. The molecule has 1 amide bonds. The van der Waals surface area contributed by atoms with E-state index in [0.717, 1.165) is 21.6 Å². The molecule has 1 aliphatic rings. The second kappa shape index (κ2) is 9.19. The third kappa shape index (κ3) is 4.71. The first-order valence-electron chi connectivity index (χ1n) is 10.5. The first kappa shape index (κ1) is 23.9. The lowest BCUT2D eigenvalue weighted by Crippen LogP contribution is -2.47. The summed E-state index contributed by atoms with van der Waals surface area (Å²) in [6, 6.07) is 9.54. The summed E-state index contributed by atoms with van der Waals surface area (Å²) in [5.41, 5.74) is 1.51. The maximum Gasteiger partial charge on any atom is 0.308 e. The van der Waals surface area contributed by atoms with Gasteiger partial charge >= 0.3 is 4.87 Å². The van der Waals surface area contributed by atoms with E-state index in [1.54, 1.807) is 22.8 Å². The standard InChI is InChI=1S/C22H25ClN4O4S2/c1-14(2)27-18-7-5-16(13-19(18)32-22(27)29)24-21(28)15-4-6-17(23)20(12-15)33(30,31)26-10-8-25(3)9-11-26/h4-7,12-14H,8-11H2,1-3H3,(H,24,28). The highest BCUT2D eigenvalue weighted by Gasteiger charge is 2.30. The van der Waals surface area contributed by atoms with Crippen molar-refractivity contribution < 1.29 is 13.2 Å². The molecule has 0 unspecified atom stereocenters. The van der Waals surface area contributed by atoms with Crippen LogP contribution in [0.2, 0.25) is 5.02 Å². The maximum absolute atomic E-state index is 13.1. The van der Waals surface area contributed by atoms with Crippen LogP contribution in [0.1, 0.15) is 30.2 Å². The Kier molecular flexibility index (Phi) is 6.66. The number of likely N-dealkylation sites (N-methyl/N-ethyl adjacent to an activating group) is 1. The van der Waals surface area contributed by atoms with E-state index in [4.69, 9.17) is 11.6 Å². The van der Waals surface area contributed by atoms with Gasteiger partial charge in [-0.15, -0.1) is 0 Å². The lowest BCUT2D eigenvalue weighted by atomic mass is 10.2. The van der Waals surface area contributed by atoms with Crippen LogP contribution in [0.3, 0.4) is 0 Å². The van der Waals surface area contributed by atoms with E-state index in [2.05, 4.69) is 10.2 Å². The highest BCUT2D eigenvalue weighted by molar-refractivity contribution is 7.89. The molecular weight excluding hydrogens is 484 g/mol. The van der Waals surface area contributed by atoms with Crippen molar-refractivity contribution in [2.45, 2.75) is 24.8 Å². The molecule has 0 saturated carbocycles. The smallest absolute Gasteiger partial charge is 0.308 e. The average Bonchev–Trinajstić information content (AvgIpc) is 3.09. The van der Waals surface area contributed by atoms with Crippen molar-refractivity contribution in [2.24, 2.45) is 0 Å². The number of carbonyl (C=O) groups excluding carboxylic acids is 1. The molecule has 1 N–H and O–H groups in total. The van der Waals surface area contributed by atoms with Gasteiger partial charge in [0.25, 0.3) is 5.91 Å². The molecule has 3 aromatic rings. The zero-order valence-corrected chi connectivity index (χ0v) is 20.9. The van der Waals surface area contributed by atoms with Crippen LogP contribution < -0.4 is 10.2 Å². The molecule has 0 atom stereocenters. The van der Waals surface area contributed by atoms with Gasteiger partial charge in [-0.25, -0.2) is 8.42 Å². The van der Waals surface area contributed by atoms with E-state index in [1.165, 1.54) is 22.5 Å². The minimum absolute atomic E-state index is 0.0291. The van der Waals surface area contributed by atoms with E-state index in [9.17, 15) is 18.0 Å². The first-order valence-corrected chi connectivity index (χ1v) is 13.2. The second-order valence-corrected chi connectivity index (χ2v) is 11.6. The Bertz CT molecular complexity index is 1370. The second-order valence-electron chi connectivity index (χ2n) is 8.32. The van der Waals surface area contributed by atoms with E-state index >= 15 is 0 Å². The summed E-state index contributed by atoms with van der Waals surface area (Å²) in [6.07, 6.45) is 0. The number of amides is 1. The van der Waals surface area contributed by atoms with Crippen LogP contribution in [0.4, 0.5) is 5.69 Å². The molecule has 0 aliphatic carbocycles. The zero-order chi connectivity index (χ0) is 23.9. The molecular formula is C22H25ClN4O4S2. The summed E-state index contributed by atoms with van der Waals surface area (Å²) in [4.78, 5) is 27.1. The number of nitrogens with zero attached hydrogens (tertiary/aromatic N) is 3. The predicted molar refractivity (Wildman–Crippen MR) is 132 cm³/mol. The van der Waals surface area contributed by atoms with Crippen molar-refractivity contribution in [3.05, 3.63) is 56.7 Å². The summed E-state index contributed by atoms with van der Waals surface area (Å²) in [7, 11) is -1.89. The fourth-order valence-corrected chi connectivity index (χ4v) is 6.79. The van der Waals surface area contributed by atoms with Gasteiger partial charge in [-0.1, -0.05) is 22.9 Å². The SMILES string of the molecule is CC(C)n1c(=O)sc2cc(NC(=O)c3ccc(Cl)c(S(=O)(=O)N4CCN(C)CC4)c3)ccc21. The van der Waals surface area contributed by atoms with Crippen LogP contribution >= 0.6 is 22.9 Å². The molecule has 2 heterocycles. The number of fused-ring (bicyclic) bond motifs is 1. The predicted octanol–water partition coefficient (Wildman–Crippen LogP) is 3.49. The Morgan fingerprint density at radius 1 is 1.09 bits per heavy atom. The van der Waals surface area contributed by atoms with Gasteiger partial charge in [0.1, 0.15) is 4.90 Å². The van der Waals surface area contributed by atoms with Gasteiger partial charge < -0.3 is 10.2 Å². The number of carbonyl (C=O) groups is 1. The van der Waals surface area contributed by atoms with Crippen molar-refractivity contribution in [1.29, 1.82) is 0 Å². The number of sulfonamides is 1. The monoisotopic (exact) mass is 508 g/mol. The molecule has 1 aliphatic heterocycles. The van der Waals surface area contributed by atoms with Crippen molar-refractivity contribution in [1.82, 2.24) is 13.8 Å². The van der Waals surface area contributed by atoms with Crippen molar-refractivity contribution >= 4 is 54.8 Å². The van der Waals surface area contributed by atoms with Gasteiger partial charge in [0.2, 0.25) is 10.0 Å². The fraction of sp³-hybridized carbons (Fsp3) is 0.364. The third-order valence-electron chi connectivity index (χ3n) is 5.66. The number of hydrogen-bond donors (Lipinski definition) is 1. The Balaban J connectivity index is 1.60. The largest absolute Gasteiger partial charge is 0.322 e. The van der Waals surface area contributed by atoms with E-state index < -0.39 is 15.9 Å². The molecule has 0 radical (unpaired) electrons. The minimum atomic E-state index is -3.83. The summed E-state index contributed by atoms with van der Waals surface area (Å²) < 4.78 is 30.2. The Hall–Kier alpha value is -2.24. The first-order chi connectivity index (χ1) is 15.6. The minimum Gasteiger partial charge on any atom is -0.322 e. The lowest BCUT2D eigenvalue weighted by molar-refractivity contribution is 0.102. The van der Waals surface area contributed by atoms with Crippen LogP contribution in [0.5, 0.6) is 0 Å². The fourth-order valence-electron chi connectivity index (χ4n) is 3.82. The molecule has 33 heavy (non-hydrogen) atoms. The summed E-state index contributed by atoms with van der Waals surface area (Å²) in [5, 5.41) is 2.87. The number of hydrogen-bond acceptors (Lipinski definition) is 6. The Labute approximate surface area is 201 Å². The number of aromatic nitrogens is 1. The van der Waals surface area contributed by atoms with Crippen LogP contribution in [-0.4, -0.2) is 61.3 Å². The van der Waals surface area contributed by atoms with Crippen molar-refractivity contribution in [2.75, 3.05) is 38.5 Å². The van der Waals surface area contributed by atoms with Crippen LogP contribution in [0.15, 0.2) is 46.1 Å². The quantitative estimate of drug-likeness (QED) is 0.569. The molecule has 1 fully saturated rings. The summed E-state index contributed by atoms with van der Waals surface area (Å²) in [6.45, 7) is 5.87. The number of rotatable bonds is 5. The van der Waals surface area contributed by atoms with E-state index in [-0.39, 0.29) is 26.4 Å². The molecule has 2 aromatic carbocycles. The van der Waals surface area contributed by atoms with Crippen molar-refractivity contribution in [3.8, 4) is 0 Å². The van der Waals surface area contributed by atoms with Gasteiger partial charge in [0.15, 0.2) is 0 Å². The molecule has 176 valence electrons. The molecule has 4 rings (SSSR count). The van der Waals surface area contributed by atoms with E-state index in [1.807, 2.05) is 20.9 Å². The van der Waals surface area contributed by atoms with Crippen LogP contribution in [0.25, 0.3) is 10.2 Å². The molecule has 11 heteroatoms. The molecule has 0 bridgehead atoms. The van der Waals surface area contributed by atoms with Gasteiger partial charge in [0.05, 0.1) is 15.2 Å². The average molecular weight is 509 g/mol. The van der Waals surface area contributed by atoms with Gasteiger partial charge in [-0.05, 0) is 57.3 Å². The number of piperazine rings is 1. The molecule has 1 aromatic heterocycles. The van der Waals surface area contributed by atoms with Gasteiger partial charge in [-0.2, -0.15) is 4.31 Å². The van der Waals surface area contributed by atoms with Gasteiger partial charge in [0, 0.05) is 43.5 Å². The number of halogens is 1. The summed E-state index contributed by atoms with van der Waals surface area (Å²) >= 11 is 7.34. The van der Waals surface area contributed by atoms with Gasteiger partial charge in [-0.3, -0.25) is 14.2 Å². The number of thiazole rings is 1. The molecule has 0 spiro atoms. The highest BCUT2D eigenvalue weighted by atomic mass is 35.5. The topological polar surface area (TPSA) is 91.7 Å². The number of anilines is 1. The van der Waals surface area contributed by atoms with E-state index in [0.29, 0.717) is 31.9 Å². The highest BCUT2D eigenvalue weighted by Crippen LogP contribution is 2.28. The third-order valence-corrected chi connectivity index (χ3v) is 8.96. The Morgan fingerprint density at radius 2 is 1.79 bits per heavy atom. The number of benzene rings is 2. The van der Waals surface area contributed by atoms with Crippen molar-refractivity contribution in [3.63, 3.8) is 0 Å². The zero-order valence-electron chi connectivity index (χ0n) is 18.5. The maximum atomic E-state index is 13.1. The van der Waals surface area contributed by atoms with Crippen LogP contribution in [0, 0.1) is 0 Å². The van der Waals surface area contributed by atoms with Crippen LogP contribution in [-0.2, 0) is 10.0 Å². The molecule has 8 nitrogen and oxygen atoms in total. The lowest BCUT2D eigenvalue weighted by Gasteiger charge is -2.31. The number of nitrogens with one attached hydrogen (secondary N) is 1. The Morgan fingerprint density at radius 3 is 2.45 bits per heavy atom. The normalized spacial score (nSPS) is 15.9. The molecule has 1 saturated heterocycles.